The topological polar surface area (TPSA) is 34.4 Å². The van der Waals surface area contributed by atoms with Gasteiger partial charge in [0.1, 0.15) is 11.3 Å². The number of alkyl halides is 5. The van der Waals surface area contributed by atoms with Crippen molar-refractivity contribution in [3.63, 3.8) is 0 Å². The normalized spacial score (nSPS) is 13.9. The molecule has 0 aliphatic rings. The third-order valence-electron chi connectivity index (χ3n) is 4.25. The second-order valence-electron chi connectivity index (χ2n) is 5.89. The van der Waals surface area contributed by atoms with Crippen LogP contribution in [0, 0.1) is 6.92 Å². The van der Waals surface area contributed by atoms with E-state index in [-0.39, 0.29) is 5.65 Å². The van der Waals surface area contributed by atoms with Crippen LogP contribution in [0.4, 0.5) is 22.0 Å². The first-order valence-electron chi connectivity index (χ1n) is 7.99. The van der Waals surface area contributed by atoms with E-state index < -0.39 is 28.6 Å². The van der Waals surface area contributed by atoms with Gasteiger partial charge in [-0.3, -0.25) is 4.21 Å². The smallest absolute Gasteiger partial charge is 0.303 e. The van der Waals surface area contributed by atoms with Crippen molar-refractivity contribution >= 4 is 16.4 Å². The second-order valence-corrected chi connectivity index (χ2v) is 7.60. The quantitative estimate of drug-likeness (QED) is 0.570. The summed E-state index contributed by atoms with van der Waals surface area (Å²) in [6.07, 6.45) is -5.03. The number of benzene rings is 1. The van der Waals surface area contributed by atoms with E-state index in [1.807, 2.05) is 0 Å². The minimum atomic E-state index is -5.73. The SMILES string of the molecule is CCS(=O)c1ccccc1-c1ccc2nc(C(F)(F)C(F)(F)F)cn2c1C. The lowest BCUT2D eigenvalue weighted by atomic mass is 10.0. The van der Waals surface area contributed by atoms with Crippen LogP contribution in [0.15, 0.2) is 47.5 Å². The summed E-state index contributed by atoms with van der Waals surface area (Å²) in [7, 11) is -1.26. The first-order chi connectivity index (χ1) is 12.6. The fourth-order valence-corrected chi connectivity index (χ4v) is 3.78. The van der Waals surface area contributed by atoms with Gasteiger partial charge in [-0.2, -0.15) is 22.0 Å². The summed E-state index contributed by atoms with van der Waals surface area (Å²) in [5.41, 5.74) is 0.254. The zero-order chi connectivity index (χ0) is 20.0. The molecule has 0 radical (unpaired) electrons. The molecule has 3 nitrogen and oxygen atoms in total. The number of hydrogen-bond acceptors (Lipinski definition) is 2. The van der Waals surface area contributed by atoms with Crippen molar-refractivity contribution in [3.8, 4) is 11.1 Å². The molecule has 1 unspecified atom stereocenters. The molecule has 0 saturated heterocycles. The molecule has 0 fully saturated rings. The van der Waals surface area contributed by atoms with Gasteiger partial charge in [-0.05, 0) is 30.7 Å². The van der Waals surface area contributed by atoms with Crippen LogP contribution >= 0.6 is 0 Å². The van der Waals surface area contributed by atoms with Gasteiger partial charge in [0.05, 0.1) is 10.8 Å². The Hall–Kier alpha value is -2.29. The van der Waals surface area contributed by atoms with E-state index in [2.05, 4.69) is 4.98 Å². The zero-order valence-corrected chi connectivity index (χ0v) is 15.2. The van der Waals surface area contributed by atoms with Crippen LogP contribution in [0.2, 0.25) is 0 Å². The maximum absolute atomic E-state index is 13.6. The third kappa shape index (κ3) is 3.24. The van der Waals surface area contributed by atoms with Crippen LogP contribution in [-0.2, 0) is 16.7 Å². The van der Waals surface area contributed by atoms with Crippen LogP contribution in [0.25, 0.3) is 16.8 Å². The van der Waals surface area contributed by atoms with Crippen molar-refractivity contribution in [2.45, 2.75) is 30.8 Å². The summed E-state index contributed by atoms with van der Waals surface area (Å²) >= 11 is 0. The Labute approximate surface area is 154 Å². The molecule has 27 heavy (non-hydrogen) atoms. The van der Waals surface area contributed by atoms with Crippen LogP contribution in [0.3, 0.4) is 0 Å². The molecule has 144 valence electrons. The van der Waals surface area contributed by atoms with Gasteiger partial charge < -0.3 is 4.40 Å². The Morgan fingerprint density at radius 3 is 2.33 bits per heavy atom. The summed E-state index contributed by atoms with van der Waals surface area (Å²) in [5.74, 6) is -4.65. The number of hydrogen-bond donors (Lipinski definition) is 0. The molecule has 0 aliphatic carbocycles. The minimum Gasteiger partial charge on any atom is -0.303 e. The summed E-state index contributed by atoms with van der Waals surface area (Å²) in [6.45, 7) is 3.36. The van der Waals surface area contributed by atoms with Crippen LogP contribution in [0.1, 0.15) is 18.3 Å². The molecule has 2 aromatic heterocycles. The lowest BCUT2D eigenvalue weighted by Crippen LogP contribution is -2.33. The van der Waals surface area contributed by atoms with Crippen molar-refractivity contribution in [3.05, 3.63) is 54.0 Å². The lowest BCUT2D eigenvalue weighted by Gasteiger charge is -2.16. The molecule has 0 saturated carbocycles. The van der Waals surface area contributed by atoms with Crippen molar-refractivity contribution in [2.24, 2.45) is 0 Å². The Morgan fingerprint density at radius 2 is 1.70 bits per heavy atom. The largest absolute Gasteiger partial charge is 0.459 e. The number of aryl methyl sites for hydroxylation is 1. The van der Waals surface area contributed by atoms with Gasteiger partial charge in [-0.1, -0.05) is 25.1 Å². The predicted octanol–water partition coefficient (Wildman–Crippen LogP) is 5.09. The van der Waals surface area contributed by atoms with E-state index >= 15 is 0 Å². The molecule has 1 aromatic carbocycles. The average molecular weight is 402 g/mol. The third-order valence-corrected chi connectivity index (χ3v) is 5.62. The maximum Gasteiger partial charge on any atom is 0.459 e. The van der Waals surface area contributed by atoms with Gasteiger partial charge in [0.15, 0.2) is 0 Å². The lowest BCUT2D eigenvalue weighted by molar-refractivity contribution is -0.290. The van der Waals surface area contributed by atoms with Gasteiger partial charge in [0.2, 0.25) is 0 Å². The molecule has 0 N–H and O–H groups in total. The molecule has 0 amide bonds. The summed E-state index contributed by atoms with van der Waals surface area (Å²) in [6, 6.07) is 9.86. The molecule has 0 bridgehead atoms. The van der Waals surface area contributed by atoms with E-state index in [0.29, 0.717) is 33.7 Å². The first-order valence-corrected chi connectivity index (χ1v) is 9.31. The van der Waals surface area contributed by atoms with Gasteiger partial charge in [0, 0.05) is 28.1 Å². The van der Waals surface area contributed by atoms with E-state index in [1.54, 1.807) is 44.2 Å². The van der Waals surface area contributed by atoms with E-state index in [0.717, 1.165) is 0 Å². The number of halogens is 5. The molecular formula is C18H15F5N2OS. The maximum atomic E-state index is 13.6. The molecule has 1 atom stereocenters. The van der Waals surface area contributed by atoms with Crippen LogP contribution in [-0.4, -0.2) is 25.5 Å². The fraction of sp³-hybridized carbons (Fsp3) is 0.278. The Morgan fingerprint density at radius 1 is 1.04 bits per heavy atom. The summed E-state index contributed by atoms with van der Waals surface area (Å²) < 4.78 is 78.7. The molecule has 2 heterocycles. The summed E-state index contributed by atoms with van der Waals surface area (Å²) in [5, 5.41) is 0. The first kappa shape index (κ1) is 19.5. The Balaban J connectivity index is 2.20. The van der Waals surface area contributed by atoms with Gasteiger partial charge in [-0.25, -0.2) is 4.98 Å². The average Bonchev–Trinajstić information content (AvgIpc) is 3.06. The molecular weight excluding hydrogens is 387 g/mol. The highest BCUT2D eigenvalue weighted by Crippen LogP contribution is 2.43. The molecule has 9 heteroatoms. The Kier molecular flexibility index (Phi) is 4.83. The molecule has 3 rings (SSSR count). The highest BCUT2D eigenvalue weighted by molar-refractivity contribution is 7.85. The summed E-state index contributed by atoms with van der Waals surface area (Å²) in [4.78, 5) is 4.03. The van der Waals surface area contributed by atoms with Gasteiger partial charge >= 0.3 is 12.1 Å². The number of fused-ring (bicyclic) bond motifs is 1. The van der Waals surface area contributed by atoms with E-state index in [1.165, 1.54) is 10.5 Å². The van der Waals surface area contributed by atoms with Crippen molar-refractivity contribution in [1.29, 1.82) is 0 Å². The molecule has 3 aromatic rings. The van der Waals surface area contributed by atoms with Crippen molar-refractivity contribution in [1.82, 2.24) is 9.38 Å². The second kappa shape index (κ2) is 6.70. The highest BCUT2D eigenvalue weighted by atomic mass is 32.2. The van der Waals surface area contributed by atoms with Crippen LogP contribution in [0.5, 0.6) is 0 Å². The highest BCUT2D eigenvalue weighted by Gasteiger charge is 2.60. The van der Waals surface area contributed by atoms with Crippen LogP contribution < -0.4 is 0 Å². The van der Waals surface area contributed by atoms with Gasteiger partial charge in [-0.15, -0.1) is 0 Å². The standard InChI is InChI=1S/C18H15F5N2OS/c1-3-27(26)14-7-5-4-6-13(14)12-8-9-16-24-15(10-25(16)11(12)2)17(19,20)18(21,22)23/h4-10H,3H2,1-2H3. The molecule has 0 spiro atoms. The monoisotopic (exact) mass is 402 g/mol. The number of rotatable bonds is 4. The van der Waals surface area contributed by atoms with Gasteiger partial charge in [0.25, 0.3) is 0 Å². The fourth-order valence-electron chi connectivity index (χ4n) is 2.81. The van der Waals surface area contributed by atoms with Crippen molar-refractivity contribution < 1.29 is 26.2 Å². The zero-order valence-electron chi connectivity index (χ0n) is 14.3. The number of aromatic nitrogens is 2. The Bertz CT molecular complexity index is 1030. The molecule has 0 aliphatic heterocycles. The minimum absolute atomic E-state index is 0.0238. The van der Waals surface area contributed by atoms with Crippen molar-refractivity contribution in [2.75, 3.05) is 5.75 Å². The van der Waals surface area contributed by atoms with E-state index in [4.69, 9.17) is 0 Å². The number of imidazole rings is 1. The number of nitrogens with zero attached hydrogens (tertiary/aromatic N) is 2. The predicted molar refractivity (Wildman–Crippen MR) is 92.3 cm³/mol. The van der Waals surface area contributed by atoms with E-state index in [9.17, 15) is 26.2 Å². The number of pyridine rings is 1.